The minimum Gasteiger partial charge on any atom is -0.343 e. The van der Waals surface area contributed by atoms with Gasteiger partial charge >= 0.3 is 0 Å². The van der Waals surface area contributed by atoms with Crippen LogP contribution < -0.4 is 5.32 Å². The van der Waals surface area contributed by atoms with Crippen LogP contribution in [0, 0.1) is 0 Å². The third kappa shape index (κ3) is 3.32. The van der Waals surface area contributed by atoms with Crippen molar-refractivity contribution in [3.8, 4) is 5.69 Å². The highest BCUT2D eigenvalue weighted by molar-refractivity contribution is 5.97. The Kier molecular flexibility index (Phi) is 4.93. The average molecular weight is 326 g/mol. The lowest BCUT2D eigenvalue weighted by Crippen LogP contribution is -2.38. The minimum atomic E-state index is -0.249. The molecule has 2 heterocycles. The molecule has 2 amide bonds. The van der Waals surface area contributed by atoms with Gasteiger partial charge in [-0.3, -0.25) is 9.59 Å². The fourth-order valence-corrected chi connectivity index (χ4v) is 3.02. The second-order valence-corrected chi connectivity index (χ2v) is 5.88. The molecule has 0 atom stereocenters. The quantitative estimate of drug-likeness (QED) is 0.911. The minimum absolute atomic E-state index is 0.0191. The van der Waals surface area contributed by atoms with Crippen molar-refractivity contribution in [3.63, 3.8) is 0 Å². The van der Waals surface area contributed by atoms with Gasteiger partial charge in [0.2, 0.25) is 5.91 Å². The summed E-state index contributed by atoms with van der Waals surface area (Å²) in [4.78, 5) is 26.3. The van der Waals surface area contributed by atoms with Crippen LogP contribution in [0.4, 0.5) is 0 Å². The van der Waals surface area contributed by atoms with Crippen LogP contribution >= 0.6 is 0 Å². The van der Waals surface area contributed by atoms with E-state index >= 15 is 0 Å². The Hall–Kier alpha value is -2.63. The van der Waals surface area contributed by atoms with Gasteiger partial charge < -0.3 is 10.2 Å². The SMILES string of the molecule is CCc1c(C(=O)NCC(=O)N2CCCC2)cnn1-c1ccccc1. The summed E-state index contributed by atoms with van der Waals surface area (Å²) in [6, 6.07) is 9.71. The Morgan fingerprint density at radius 1 is 1.17 bits per heavy atom. The third-order valence-electron chi connectivity index (χ3n) is 4.31. The van der Waals surface area contributed by atoms with Crippen LogP contribution in [0.3, 0.4) is 0 Å². The third-order valence-corrected chi connectivity index (χ3v) is 4.31. The van der Waals surface area contributed by atoms with E-state index in [-0.39, 0.29) is 18.4 Å². The average Bonchev–Trinajstić information content (AvgIpc) is 3.29. The van der Waals surface area contributed by atoms with Crippen molar-refractivity contribution >= 4 is 11.8 Å². The lowest BCUT2D eigenvalue weighted by molar-refractivity contribution is -0.129. The normalized spacial score (nSPS) is 14.0. The van der Waals surface area contributed by atoms with Gasteiger partial charge in [0.15, 0.2) is 0 Å². The van der Waals surface area contributed by atoms with E-state index in [1.807, 2.05) is 37.3 Å². The first-order valence-corrected chi connectivity index (χ1v) is 8.39. The molecule has 1 aromatic heterocycles. The van der Waals surface area contributed by atoms with Gasteiger partial charge in [0.25, 0.3) is 5.91 Å². The second kappa shape index (κ2) is 7.29. The summed E-state index contributed by atoms with van der Waals surface area (Å²) in [5, 5.41) is 7.07. The number of para-hydroxylation sites is 1. The molecule has 1 aliphatic rings. The second-order valence-electron chi connectivity index (χ2n) is 5.88. The van der Waals surface area contributed by atoms with E-state index in [0.29, 0.717) is 12.0 Å². The van der Waals surface area contributed by atoms with Gasteiger partial charge in [0.1, 0.15) is 0 Å². The van der Waals surface area contributed by atoms with E-state index in [9.17, 15) is 9.59 Å². The molecular weight excluding hydrogens is 304 g/mol. The van der Waals surface area contributed by atoms with Crippen molar-refractivity contribution in [3.05, 3.63) is 47.8 Å². The van der Waals surface area contributed by atoms with E-state index in [4.69, 9.17) is 0 Å². The number of benzene rings is 1. The molecule has 0 bridgehead atoms. The standard InChI is InChI=1S/C18H22N4O2/c1-2-16-15(12-20-22(16)14-8-4-3-5-9-14)18(24)19-13-17(23)21-10-6-7-11-21/h3-5,8-9,12H,2,6-7,10-11,13H2,1H3,(H,19,24). The van der Waals surface area contributed by atoms with E-state index in [0.717, 1.165) is 37.3 Å². The molecule has 1 aromatic carbocycles. The highest BCUT2D eigenvalue weighted by atomic mass is 16.2. The van der Waals surface area contributed by atoms with Crippen LogP contribution in [0.1, 0.15) is 35.8 Å². The zero-order valence-electron chi connectivity index (χ0n) is 13.9. The van der Waals surface area contributed by atoms with Crippen molar-refractivity contribution < 1.29 is 9.59 Å². The molecule has 0 radical (unpaired) electrons. The van der Waals surface area contributed by atoms with Crippen molar-refractivity contribution in [2.24, 2.45) is 0 Å². The summed E-state index contributed by atoms with van der Waals surface area (Å²) in [7, 11) is 0. The molecular formula is C18H22N4O2. The molecule has 1 fully saturated rings. The van der Waals surface area contributed by atoms with Crippen molar-refractivity contribution in [2.75, 3.05) is 19.6 Å². The van der Waals surface area contributed by atoms with Crippen LogP contribution in [0.15, 0.2) is 36.5 Å². The molecule has 1 aliphatic heterocycles. The Balaban J connectivity index is 1.71. The molecule has 1 saturated heterocycles. The fourth-order valence-electron chi connectivity index (χ4n) is 3.02. The molecule has 126 valence electrons. The molecule has 6 heteroatoms. The van der Waals surface area contributed by atoms with Gasteiger partial charge in [-0.2, -0.15) is 5.10 Å². The number of amides is 2. The first kappa shape index (κ1) is 16.2. The van der Waals surface area contributed by atoms with Crippen LogP contribution in [-0.4, -0.2) is 46.1 Å². The maximum atomic E-state index is 12.5. The smallest absolute Gasteiger partial charge is 0.255 e. The van der Waals surface area contributed by atoms with Crippen LogP contribution in [0.5, 0.6) is 0 Å². The summed E-state index contributed by atoms with van der Waals surface area (Å²) in [6.07, 6.45) is 4.34. The largest absolute Gasteiger partial charge is 0.343 e. The highest BCUT2D eigenvalue weighted by Gasteiger charge is 2.21. The lowest BCUT2D eigenvalue weighted by Gasteiger charge is -2.15. The van der Waals surface area contributed by atoms with Gasteiger partial charge in [-0.15, -0.1) is 0 Å². The van der Waals surface area contributed by atoms with Gasteiger partial charge in [0, 0.05) is 13.1 Å². The maximum Gasteiger partial charge on any atom is 0.255 e. The summed E-state index contributed by atoms with van der Waals surface area (Å²) >= 11 is 0. The topological polar surface area (TPSA) is 67.2 Å². The highest BCUT2D eigenvalue weighted by Crippen LogP contribution is 2.15. The van der Waals surface area contributed by atoms with Crippen LogP contribution in [-0.2, 0) is 11.2 Å². The Labute approximate surface area is 141 Å². The molecule has 2 aromatic rings. The fraction of sp³-hybridized carbons (Fsp3) is 0.389. The predicted molar refractivity (Wildman–Crippen MR) is 91.1 cm³/mol. The molecule has 6 nitrogen and oxygen atoms in total. The van der Waals surface area contributed by atoms with Gasteiger partial charge in [-0.05, 0) is 31.4 Å². The monoisotopic (exact) mass is 326 g/mol. The summed E-state index contributed by atoms with van der Waals surface area (Å²) in [6.45, 7) is 3.61. The number of carbonyl (C=O) groups is 2. The van der Waals surface area contributed by atoms with E-state index in [2.05, 4.69) is 10.4 Å². The van der Waals surface area contributed by atoms with E-state index < -0.39 is 0 Å². The molecule has 0 saturated carbocycles. The Morgan fingerprint density at radius 2 is 1.88 bits per heavy atom. The first-order chi connectivity index (χ1) is 11.7. The van der Waals surface area contributed by atoms with E-state index in [1.165, 1.54) is 0 Å². The van der Waals surface area contributed by atoms with Crippen molar-refractivity contribution in [2.45, 2.75) is 26.2 Å². The predicted octanol–water partition coefficient (Wildman–Crippen LogP) is 1.79. The number of hydrogen-bond donors (Lipinski definition) is 1. The Morgan fingerprint density at radius 3 is 2.54 bits per heavy atom. The number of rotatable bonds is 5. The van der Waals surface area contributed by atoms with Crippen molar-refractivity contribution in [1.82, 2.24) is 20.0 Å². The molecule has 1 N–H and O–H groups in total. The number of nitrogens with zero attached hydrogens (tertiary/aromatic N) is 3. The van der Waals surface area contributed by atoms with E-state index in [1.54, 1.807) is 15.8 Å². The summed E-state index contributed by atoms with van der Waals surface area (Å²) < 4.78 is 1.78. The summed E-state index contributed by atoms with van der Waals surface area (Å²) in [5.74, 6) is -0.268. The molecule has 0 aliphatic carbocycles. The number of aromatic nitrogens is 2. The Bertz CT molecular complexity index is 718. The number of carbonyl (C=O) groups excluding carboxylic acids is 2. The summed E-state index contributed by atoms with van der Waals surface area (Å²) in [5.41, 5.74) is 2.28. The zero-order chi connectivity index (χ0) is 16.9. The van der Waals surface area contributed by atoms with Crippen molar-refractivity contribution in [1.29, 1.82) is 0 Å². The number of likely N-dealkylation sites (tertiary alicyclic amines) is 1. The maximum absolute atomic E-state index is 12.5. The van der Waals surface area contributed by atoms with Crippen LogP contribution in [0.2, 0.25) is 0 Å². The molecule has 0 spiro atoms. The molecule has 0 unspecified atom stereocenters. The zero-order valence-corrected chi connectivity index (χ0v) is 13.9. The first-order valence-electron chi connectivity index (χ1n) is 8.39. The molecule has 24 heavy (non-hydrogen) atoms. The lowest BCUT2D eigenvalue weighted by atomic mass is 10.2. The number of hydrogen-bond acceptors (Lipinski definition) is 3. The van der Waals surface area contributed by atoms with Gasteiger partial charge in [0.05, 0.1) is 29.7 Å². The van der Waals surface area contributed by atoms with Gasteiger partial charge in [-0.1, -0.05) is 25.1 Å². The van der Waals surface area contributed by atoms with Crippen LogP contribution in [0.25, 0.3) is 5.69 Å². The molecule has 3 rings (SSSR count). The van der Waals surface area contributed by atoms with Gasteiger partial charge in [-0.25, -0.2) is 4.68 Å². The number of nitrogens with one attached hydrogen (secondary N) is 1.